The van der Waals surface area contributed by atoms with Gasteiger partial charge in [0.1, 0.15) is 0 Å². The summed E-state index contributed by atoms with van der Waals surface area (Å²) in [7, 11) is 0. The number of hydrogen-bond acceptors (Lipinski definition) is 5. The molecule has 1 aliphatic heterocycles. The molecule has 1 amide bonds. The zero-order valence-electron chi connectivity index (χ0n) is 9.08. The normalized spacial score (nSPS) is 24.0. The van der Waals surface area contributed by atoms with E-state index in [-0.39, 0.29) is 30.1 Å². The minimum Gasteiger partial charge on any atom is -0.505 e. The number of aliphatic hydroxyl groups is 2. The van der Waals surface area contributed by atoms with Crippen molar-refractivity contribution in [1.82, 2.24) is 4.90 Å². The summed E-state index contributed by atoms with van der Waals surface area (Å²) < 4.78 is 0. The summed E-state index contributed by atoms with van der Waals surface area (Å²) >= 11 is 0. The molecule has 1 heterocycles. The summed E-state index contributed by atoms with van der Waals surface area (Å²) in [6.45, 7) is 0.0997. The third-order valence-electron chi connectivity index (χ3n) is 2.84. The van der Waals surface area contributed by atoms with Crippen molar-refractivity contribution in [3.63, 3.8) is 0 Å². The Morgan fingerprint density at radius 3 is 2.47 bits per heavy atom. The minimum absolute atomic E-state index is 0.0498. The number of hydrogen-bond donors (Lipinski definition) is 4. The van der Waals surface area contributed by atoms with Gasteiger partial charge in [0.05, 0.1) is 23.5 Å². The van der Waals surface area contributed by atoms with E-state index in [0.717, 1.165) is 0 Å². The highest BCUT2D eigenvalue weighted by Crippen LogP contribution is 2.26. The number of likely N-dealkylation sites (tertiary alicyclic amines) is 1. The van der Waals surface area contributed by atoms with Crippen molar-refractivity contribution in [2.45, 2.75) is 12.2 Å². The average Bonchev–Trinajstić information content (AvgIpc) is 2.62. The number of anilines is 1. The predicted molar refractivity (Wildman–Crippen MR) is 60.4 cm³/mol. The first-order valence-electron chi connectivity index (χ1n) is 5.23. The smallest absolute Gasteiger partial charge is 0.257 e. The molecule has 2 rings (SSSR count). The number of nitrogens with zero attached hydrogens (tertiary/aromatic N) is 1. The van der Waals surface area contributed by atoms with Crippen LogP contribution in [-0.4, -0.2) is 51.4 Å². The van der Waals surface area contributed by atoms with Crippen molar-refractivity contribution in [1.29, 1.82) is 0 Å². The molecule has 2 atom stereocenters. The van der Waals surface area contributed by atoms with E-state index in [4.69, 9.17) is 5.73 Å². The third kappa shape index (κ3) is 2.04. The molecular formula is C11H14N2O4. The van der Waals surface area contributed by atoms with Gasteiger partial charge < -0.3 is 26.0 Å². The first-order valence-corrected chi connectivity index (χ1v) is 5.23. The van der Waals surface area contributed by atoms with Gasteiger partial charge in [-0.1, -0.05) is 6.07 Å². The first-order chi connectivity index (χ1) is 8.00. The van der Waals surface area contributed by atoms with Gasteiger partial charge in [0.15, 0.2) is 5.75 Å². The molecular weight excluding hydrogens is 224 g/mol. The zero-order chi connectivity index (χ0) is 12.6. The first kappa shape index (κ1) is 11.7. The lowest BCUT2D eigenvalue weighted by molar-refractivity contribution is 0.0572. The van der Waals surface area contributed by atoms with Crippen molar-refractivity contribution in [2.24, 2.45) is 0 Å². The number of carbonyl (C=O) groups excluding carboxylic acids is 1. The van der Waals surface area contributed by atoms with Gasteiger partial charge in [0.2, 0.25) is 0 Å². The second-order valence-electron chi connectivity index (χ2n) is 4.09. The molecule has 1 aliphatic rings. The summed E-state index contributed by atoms with van der Waals surface area (Å²) in [5.74, 6) is -0.723. The van der Waals surface area contributed by atoms with Crippen LogP contribution in [0.25, 0.3) is 0 Å². The molecule has 1 fully saturated rings. The Balaban J connectivity index is 2.24. The van der Waals surface area contributed by atoms with Crippen LogP contribution in [0.4, 0.5) is 5.69 Å². The van der Waals surface area contributed by atoms with Gasteiger partial charge in [0, 0.05) is 13.1 Å². The molecule has 0 spiro atoms. The largest absolute Gasteiger partial charge is 0.505 e. The van der Waals surface area contributed by atoms with E-state index in [9.17, 15) is 20.1 Å². The molecule has 17 heavy (non-hydrogen) atoms. The van der Waals surface area contributed by atoms with Crippen LogP contribution in [0.3, 0.4) is 0 Å². The lowest BCUT2D eigenvalue weighted by Gasteiger charge is -2.16. The molecule has 0 bridgehead atoms. The number of amides is 1. The molecule has 0 saturated carbocycles. The number of phenols is 1. The zero-order valence-corrected chi connectivity index (χ0v) is 9.08. The highest BCUT2D eigenvalue weighted by molar-refractivity contribution is 5.98. The molecule has 6 nitrogen and oxygen atoms in total. The fraction of sp³-hybridized carbons (Fsp3) is 0.364. The van der Waals surface area contributed by atoms with E-state index in [1.54, 1.807) is 6.07 Å². The number of phenolic OH excluding ortho intramolecular Hbond substituents is 1. The summed E-state index contributed by atoms with van der Waals surface area (Å²) in [5.41, 5.74) is 5.69. The number of aromatic hydroxyl groups is 1. The Morgan fingerprint density at radius 2 is 1.88 bits per heavy atom. The topological polar surface area (TPSA) is 107 Å². The van der Waals surface area contributed by atoms with Crippen molar-refractivity contribution < 1.29 is 20.1 Å². The van der Waals surface area contributed by atoms with E-state index < -0.39 is 18.1 Å². The maximum absolute atomic E-state index is 12.0. The van der Waals surface area contributed by atoms with Gasteiger partial charge in [-0.2, -0.15) is 0 Å². The molecule has 0 radical (unpaired) electrons. The number of β-amino-alcohol motifs (C(OH)–C–C–N with tert-alkyl or cyclic N) is 2. The number of rotatable bonds is 1. The number of carbonyl (C=O) groups is 1. The lowest BCUT2D eigenvalue weighted by Crippen LogP contribution is -2.29. The monoisotopic (exact) mass is 238 g/mol. The number of nitrogens with two attached hydrogens (primary N) is 1. The highest BCUT2D eigenvalue weighted by Gasteiger charge is 2.33. The van der Waals surface area contributed by atoms with Crippen LogP contribution in [0, 0.1) is 0 Å². The molecule has 1 aromatic rings. The fourth-order valence-corrected chi connectivity index (χ4v) is 1.84. The number of benzene rings is 1. The number of para-hydroxylation sites is 1. The SMILES string of the molecule is Nc1cccc(C(=O)N2CC(O)C(O)C2)c1O. The van der Waals surface area contributed by atoms with Crippen molar-refractivity contribution in [3.8, 4) is 5.75 Å². The van der Waals surface area contributed by atoms with Gasteiger partial charge in [-0.05, 0) is 12.1 Å². The van der Waals surface area contributed by atoms with Gasteiger partial charge in [0.25, 0.3) is 5.91 Å². The van der Waals surface area contributed by atoms with Crippen LogP contribution >= 0.6 is 0 Å². The van der Waals surface area contributed by atoms with E-state index in [1.165, 1.54) is 17.0 Å². The Labute approximate surface area is 97.9 Å². The van der Waals surface area contributed by atoms with E-state index in [1.807, 2.05) is 0 Å². The van der Waals surface area contributed by atoms with E-state index in [0.29, 0.717) is 0 Å². The molecule has 6 heteroatoms. The average molecular weight is 238 g/mol. The van der Waals surface area contributed by atoms with Crippen LogP contribution in [0.15, 0.2) is 18.2 Å². The quantitative estimate of drug-likeness (QED) is 0.376. The minimum atomic E-state index is -0.942. The molecule has 92 valence electrons. The summed E-state index contributed by atoms with van der Waals surface area (Å²) in [4.78, 5) is 13.3. The maximum Gasteiger partial charge on any atom is 0.257 e. The van der Waals surface area contributed by atoms with Crippen LogP contribution in [0.2, 0.25) is 0 Å². The second kappa shape index (κ2) is 4.23. The van der Waals surface area contributed by atoms with Crippen molar-refractivity contribution in [3.05, 3.63) is 23.8 Å². The molecule has 0 aliphatic carbocycles. The summed E-state index contributed by atoms with van der Waals surface area (Å²) in [5, 5.41) is 28.4. The molecule has 2 unspecified atom stereocenters. The van der Waals surface area contributed by atoms with Gasteiger partial charge in [-0.25, -0.2) is 0 Å². The second-order valence-corrected chi connectivity index (χ2v) is 4.09. The van der Waals surface area contributed by atoms with Gasteiger partial charge in [-0.15, -0.1) is 0 Å². The van der Waals surface area contributed by atoms with Crippen LogP contribution in [-0.2, 0) is 0 Å². The van der Waals surface area contributed by atoms with Crippen LogP contribution in [0.5, 0.6) is 5.75 Å². The van der Waals surface area contributed by atoms with Gasteiger partial charge in [-0.3, -0.25) is 4.79 Å². The third-order valence-corrected chi connectivity index (χ3v) is 2.84. The Morgan fingerprint density at radius 1 is 1.29 bits per heavy atom. The lowest BCUT2D eigenvalue weighted by atomic mass is 10.1. The molecule has 1 saturated heterocycles. The van der Waals surface area contributed by atoms with E-state index in [2.05, 4.69) is 0 Å². The summed E-state index contributed by atoms with van der Waals surface area (Å²) in [6, 6.07) is 4.50. The van der Waals surface area contributed by atoms with Crippen LogP contribution < -0.4 is 5.73 Å². The highest BCUT2D eigenvalue weighted by atomic mass is 16.3. The van der Waals surface area contributed by atoms with Crippen LogP contribution in [0.1, 0.15) is 10.4 Å². The molecule has 1 aromatic carbocycles. The Hall–Kier alpha value is -1.79. The number of nitrogen functional groups attached to an aromatic ring is 1. The Bertz CT molecular complexity index is 439. The van der Waals surface area contributed by atoms with Crippen molar-refractivity contribution >= 4 is 11.6 Å². The predicted octanol–water partition coefficient (Wildman–Crippen LogP) is -0.848. The molecule has 0 aromatic heterocycles. The maximum atomic E-state index is 12.0. The Kier molecular flexibility index (Phi) is 2.91. The van der Waals surface area contributed by atoms with E-state index >= 15 is 0 Å². The number of aliphatic hydroxyl groups excluding tert-OH is 2. The van der Waals surface area contributed by atoms with Crippen molar-refractivity contribution in [2.75, 3.05) is 18.8 Å². The molecule has 5 N–H and O–H groups in total. The summed E-state index contributed by atoms with van der Waals surface area (Å²) in [6.07, 6.45) is -1.88. The standard InChI is InChI=1S/C11H14N2O4/c12-7-3-1-2-6(10(7)16)11(17)13-4-8(14)9(15)5-13/h1-3,8-9,14-16H,4-5,12H2. The van der Waals surface area contributed by atoms with Gasteiger partial charge >= 0.3 is 0 Å². The fourth-order valence-electron chi connectivity index (χ4n) is 1.84.